The van der Waals surface area contributed by atoms with Crippen molar-refractivity contribution in [1.29, 1.82) is 0 Å². The lowest BCUT2D eigenvalue weighted by atomic mass is 10.1. The van der Waals surface area contributed by atoms with Crippen molar-refractivity contribution in [3.05, 3.63) is 35.9 Å². The fourth-order valence-corrected chi connectivity index (χ4v) is 1.83. The molecule has 1 aliphatic rings. The van der Waals surface area contributed by atoms with E-state index < -0.39 is 12.1 Å². The zero-order chi connectivity index (χ0) is 12.3. The summed E-state index contributed by atoms with van der Waals surface area (Å²) in [6.45, 7) is 0.220. The van der Waals surface area contributed by atoms with E-state index in [1.54, 1.807) is 12.1 Å². The molecule has 17 heavy (non-hydrogen) atoms. The molecule has 1 aliphatic heterocycles. The molecule has 3 amide bonds. The first-order valence-electron chi connectivity index (χ1n) is 5.51. The lowest BCUT2D eigenvalue weighted by Gasteiger charge is -2.11. The molecule has 0 spiro atoms. The maximum absolute atomic E-state index is 12.0. The molecule has 1 atom stereocenters. The maximum Gasteiger partial charge on any atom is 0.325 e. The summed E-state index contributed by atoms with van der Waals surface area (Å²) in [5.41, 5.74) is 0.775. The molecule has 0 bridgehead atoms. The smallest absolute Gasteiger partial charge is 0.325 e. The van der Waals surface area contributed by atoms with Crippen LogP contribution in [0, 0.1) is 0 Å². The van der Waals surface area contributed by atoms with Crippen LogP contribution in [0.4, 0.5) is 4.79 Å². The Labute approximate surface area is 99.0 Å². The normalized spacial score (nSPS) is 19.6. The van der Waals surface area contributed by atoms with Crippen LogP contribution in [0.5, 0.6) is 0 Å². The molecule has 5 nitrogen and oxygen atoms in total. The van der Waals surface area contributed by atoms with Crippen LogP contribution in [-0.2, 0) is 4.79 Å². The van der Waals surface area contributed by atoms with Crippen LogP contribution in [-0.4, -0.2) is 35.1 Å². The topological polar surface area (TPSA) is 69.6 Å². The Balaban J connectivity index is 2.13. The highest BCUT2D eigenvalue weighted by Gasteiger charge is 2.38. The Kier molecular flexibility index (Phi) is 3.39. The first-order chi connectivity index (χ1) is 8.24. The SMILES string of the molecule is O=C1NC(c2ccccc2)C(=O)N1CCCO. The molecule has 0 saturated carbocycles. The van der Waals surface area contributed by atoms with E-state index in [0.717, 1.165) is 10.5 Å². The summed E-state index contributed by atoms with van der Waals surface area (Å²) in [5, 5.41) is 11.3. The third-order valence-corrected chi connectivity index (χ3v) is 2.70. The Morgan fingerprint density at radius 3 is 2.59 bits per heavy atom. The number of hydrogen-bond acceptors (Lipinski definition) is 3. The maximum atomic E-state index is 12.0. The number of hydrogen-bond donors (Lipinski definition) is 2. The highest BCUT2D eigenvalue weighted by molar-refractivity contribution is 6.04. The van der Waals surface area contributed by atoms with E-state index in [1.165, 1.54) is 0 Å². The van der Waals surface area contributed by atoms with Gasteiger partial charge in [-0.15, -0.1) is 0 Å². The number of rotatable bonds is 4. The summed E-state index contributed by atoms with van der Waals surface area (Å²) < 4.78 is 0. The Hall–Kier alpha value is -1.88. The molecule has 1 unspecified atom stereocenters. The molecule has 0 radical (unpaired) electrons. The van der Waals surface area contributed by atoms with Crippen molar-refractivity contribution in [3.8, 4) is 0 Å². The highest BCUT2D eigenvalue weighted by Crippen LogP contribution is 2.21. The average molecular weight is 234 g/mol. The Morgan fingerprint density at radius 1 is 1.24 bits per heavy atom. The number of carbonyl (C=O) groups excluding carboxylic acids is 2. The Bertz CT molecular complexity index is 419. The molecule has 1 saturated heterocycles. The van der Waals surface area contributed by atoms with Gasteiger partial charge >= 0.3 is 6.03 Å². The van der Waals surface area contributed by atoms with E-state index in [-0.39, 0.29) is 19.1 Å². The molecule has 1 fully saturated rings. The fourth-order valence-electron chi connectivity index (χ4n) is 1.83. The second kappa shape index (κ2) is 4.97. The third-order valence-electron chi connectivity index (χ3n) is 2.70. The van der Waals surface area contributed by atoms with Crippen molar-refractivity contribution in [2.45, 2.75) is 12.5 Å². The second-order valence-electron chi connectivity index (χ2n) is 3.86. The van der Waals surface area contributed by atoms with Gasteiger partial charge in [0.25, 0.3) is 5.91 Å². The zero-order valence-electron chi connectivity index (χ0n) is 9.30. The van der Waals surface area contributed by atoms with Crippen LogP contribution in [0.1, 0.15) is 18.0 Å². The van der Waals surface area contributed by atoms with Gasteiger partial charge in [0, 0.05) is 13.2 Å². The number of nitrogens with one attached hydrogen (secondary N) is 1. The monoisotopic (exact) mass is 234 g/mol. The number of amides is 3. The molecular formula is C12H14N2O3. The second-order valence-corrected chi connectivity index (χ2v) is 3.86. The van der Waals surface area contributed by atoms with Crippen LogP contribution in [0.25, 0.3) is 0 Å². The van der Waals surface area contributed by atoms with Gasteiger partial charge < -0.3 is 10.4 Å². The number of urea groups is 1. The summed E-state index contributed by atoms with van der Waals surface area (Å²) in [5.74, 6) is -0.255. The first-order valence-corrected chi connectivity index (χ1v) is 5.51. The minimum Gasteiger partial charge on any atom is -0.396 e. The molecule has 1 heterocycles. The molecular weight excluding hydrogens is 220 g/mol. The average Bonchev–Trinajstić information content (AvgIpc) is 2.64. The summed E-state index contributed by atoms with van der Waals surface area (Å²) >= 11 is 0. The lowest BCUT2D eigenvalue weighted by molar-refractivity contribution is -0.127. The summed E-state index contributed by atoms with van der Waals surface area (Å²) in [7, 11) is 0. The predicted octanol–water partition coefficient (Wildman–Crippen LogP) is 0.662. The molecule has 0 aliphatic carbocycles. The van der Waals surface area contributed by atoms with Crippen molar-refractivity contribution in [3.63, 3.8) is 0 Å². The predicted molar refractivity (Wildman–Crippen MR) is 61.1 cm³/mol. The van der Waals surface area contributed by atoms with Gasteiger partial charge in [-0.05, 0) is 12.0 Å². The van der Waals surface area contributed by atoms with Gasteiger partial charge in [0.1, 0.15) is 6.04 Å². The van der Waals surface area contributed by atoms with Crippen molar-refractivity contribution >= 4 is 11.9 Å². The highest BCUT2D eigenvalue weighted by atomic mass is 16.3. The largest absolute Gasteiger partial charge is 0.396 e. The number of benzene rings is 1. The molecule has 90 valence electrons. The molecule has 2 N–H and O–H groups in total. The standard InChI is InChI=1S/C12H14N2O3/c15-8-4-7-14-11(16)10(13-12(14)17)9-5-2-1-3-6-9/h1-3,5-6,10,15H,4,7-8H2,(H,13,17). The van der Waals surface area contributed by atoms with E-state index in [4.69, 9.17) is 5.11 Å². The van der Waals surface area contributed by atoms with Crippen LogP contribution >= 0.6 is 0 Å². The molecule has 2 rings (SSSR count). The number of nitrogens with zero attached hydrogens (tertiary/aromatic N) is 1. The van der Waals surface area contributed by atoms with Crippen molar-refractivity contribution < 1.29 is 14.7 Å². The number of aliphatic hydroxyl groups excluding tert-OH is 1. The van der Waals surface area contributed by atoms with Crippen LogP contribution in [0.15, 0.2) is 30.3 Å². The number of imide groups is 1. The van der Waals surface area contributed by atoms with Gasteiger partial charge in [0.05, 0.1) is 0 Å². The van der Waals surface area contributed by atoms with E-state index in [2.05, 4.69) is 5.32 Å². The van der Waals surface area contributed by atoms with Crippen molar-refractivity contribution in [1.82, 2.24) is 10.2 Å². The van der Waals surface area contributed by atoms with Gasteiger partial charge in [0.2, 0.25) is 0 Å². The van der Waals surface area contributed by atoms with Crippen molar-refractivity contribution in [2.75, 3.05) is 13.2 Å². The van der Waals surface area contributed by atoms with Crippen LogP contribution in [0.2, 0.25) is 0 Å². The van der Waals surface area contributed by atoms with Crippen molar-refractivity contribution in [2.24, 2.45) is 0 Å². The minimum absolute atomic E-state index is 0.0347. The van der Waals surface area contributed by atoms with E-state index in [1.807, 2.05) is 18.2 Å². The molecule has 1 aromatic rings. The molecule has 5 heteroatoms. The Morgan fingerprint density at radius 2 is 1.94 bits per heavy atom. The first kappa shape index (κ1) is 11.6. The molecule has 1 aromatic carbocycles. The third kappa shape index (κ3) is 2.29. The summed E-state index contributed by atoms with van der Waals surface area (Å²) in [6, 6.07) is 8.13. The quantitative estimate of drug-likeness (QED) is 0.752. The van der Waals surface area contributed by atoms with Gasteiger partial charge in [-0.2, -0.15) is 0 Å². The van der Waals surface area contributed by atoms with E-state index >= 15 is 0 Å². The summed E-state index contributed by atoms with van der Waals surface area (Å²) in [6.07, 6.45) is 0.403. The van der Waals surface area contributed by atoms with Gasteiger partial charge in [0.15, 0.2) is 0 Å². The van der Waals surface area contributed by atoms with Gasteiger partial charge in [-0.25, -0.2) is 4.79 Å². The molecule has 0 aromatic heterocycles. The fraction of sp³-hybridized carbons (Fsp3) is 0.333. The summed E-state index contributed by atoms with van der Waals surface area (Å²) in [4.78, 5) is 24.7. The van der Waals surface area contributed by atoms with Crippen LogP contribution in [0.3, 0.4) is 0 Å². The minimum atomic E-state index is -0.595. The van der Waals surface area contributed by atoms with Crippen LogP contribution < -0.4 is 5.32 Å². The zero-order valence-corrected chi connectivity index (χ0v) is 9.30. The number of aliphatic hydroxyl groups is 1. The van der Waals surface area contributed by atoms with Gasteiger partial charge in [-0.3, -0.25) is 9.69 Å². The number of carbonyl (C=O) groups is 2. The van der Waals surface area contributed by atoms with E-state index in [9.17, 15) is 9.59 Å². The van der Waals surface area contributed by atoms with E-state index in [0.29, 0.717) is 6.42 Å². The van der Waals surface area contributed by atoms with Gasteiger partial charge in [-0.1, -0.05) is 30.3 Å². The lowest BCUT2D eigenvalue weighted by Crippen LogP contribution is -2.32.